The Morgan fingerprint density at radius 1 is 1.00 bits per heavy atom. The molecule has 0 radical (unpaired) electrons. The summed E-state index contributed by atoms with van der Waals surface area (Å²) in [5.41, 5.74) is 2.09. The summed E-state index contributed by atoms with van der Waals surface area (Å²) in [6.07, 6.45) is 1.82. The number of nitrogens with one attached hydrogen (secondary N) is 1. The van der Waals surface area contributed by atoms with Gasteiger partial charge in [0.2, 0.25) is 0 Å². The molecule has 0 amide bonds. The zero-order valence-corrected chi connectivity index (χ0v) is 7.94. The summed E-state index contributed by atoms with van der Waals surface area (Å²) in [6, 6.07) is 11.7. The van der Waals surface area contributed by atoms with E-state index < -0.39 is 0 Å². The van der Waals surface area contributed by atoms with Gasteiger partial charge < -0.3 is 4.98 Å². The molecule has 0 bridgehead atoms. The minimum absolute atomic E-state index is 0.769. The fraction of sp³-hybridized carbons (Fsp3) is 0.0909. The van der Waals surface area contributed by atoms with Crippen molar-refractivity contribution in [1.29, 1.82) is 0 Å². The molecular formula is C11H11N3. The summed E-state index contributed by atoms with van der Waals surface area (Å²) in [5, 5.41) is 8.12. The molecule has 14 heavy (non-hydrogen) atoms. The average Bonchev–Trinajstić information content (AvgIpc) is 2.70. The summed E-state index contributed by atoms with van der Waals surface area (Å²) in [7, 11) is 0. The van der Waals surface area contributed by atoms with Crippen molar-refractivity contribution in [1.82, 2.24) is 4.98 Å². The van der Waals surface area contributed by atoms with Crippen molar-refractivity contribution in [3.63, 3.8) is 0 Å². The molecule has 0 unspecified atom stereocenters. The van der Waals surface area contributed by atoms with Crippen molar-refractivity contribution in [2.75, 3.05) is 0 Å². The molecule has 0 aliphatic carbocycles. The van der Waals surface area contributed by atoms with Gasteiger partial charge in [-0.25, -0.2) is 0 Å². The highest BCUT2D eigenvalue weighted by Gasteiger charge is 1.89. The molecule has 2 rings (SSSR count). The number of aromatic amines is 1. The van der Waals surface area contributed by atoms with Gasteiger partial charge in [-0.3, -0.25) is 0 Å². The van der Waals surface area contributed by atoms with Gasteiger partial charge in [-0.2, -0.15) is 0 Å². The molecule has 2 aromatic rings. The Morgan fingerprint density at radius 3 is 2.43 bits per heavy atom. The number of azo groups is 1. The fourth-order valence-electron chi connectivity index (χ4n) is 1.11. The monoisotopic (exact) mass is 185 g/mol. The third-order valence-electron chi connectivity index (χ3n) is 1.89. The Labute approximate surface area is 82.5 Å². The molecule has 1 aromatic heterocycles. The number of rotatable bonds is 2. The Balaban J connectivity index is 2.15. The molecule has 70 valence electrons. The topological polar surface area (TPSA) is 40.5 Å². The van der Waals surface area contributed by atoms with E-state index in [1.165, 1.54) is 5.56 Å². The molecule has 0 atom stereocenters. The van der Waals surface area contributed by atoms with Crippen LogP contribution in [-0.2, 0) is 0 Å². The van der Waals surface area contributed by atoms with E-state index in [9.17, 15) is 0 Å². The first-order chi connectivity index (χ1) is 6.84. The molecule has 3 heteroatoms. The number of aryl methyl sites for hydroxylation is 1. The van der Waals surface area contributed by atoms with Crippen LogP contribution >= 0.6 is 0 Å². The van der Waals surface area contributed by atoms with Crippen LogP contribution in [0.2, 0.25) is 0 Å². The maximum absolute atomic E-state index is 4.08. The summed E-state index contributed by atoms with van der Waals surface area (Å²) in [5.74, 6) is 0.769. The normalized spacial score (nSPS) is 10.9. The molecule has 3 nitrogen and oxygen atoms in total. The van der Waals surface area contributed by atoms with E-state index in [2.05, 4.69) is 15.2 Å². The van der Waals surface area contributed by atoms with Crippen LogP contribution in [0.15, 0.2) is 52.8 Å². The zero-order chi connectivity index (χ0) is 9.80. The highest BCUT2D eigenvalue weighted by atomic mass is 15.1. The Kier molecular flexibility index (Phi) is 2.40. The number of H-pyrrole nitrogens is 1. The first kappa shape index (κ1) is 8.69. The molecule has 1 aromatic carbocycles. The van der Waals surface area contributed by atoms with Crippen molar-refractivity contribution in [2.24, 2.45) is 10.2 Å². The maximum atomic E-state index is 4.08. The van der Waals surface area contributed by atoms with E-state index in [0.29, 0.717) is 0 Å². The minimum atomic E-state index is 0.769. The van der Waals surface area contributed by atoms with E-state index in [1.54, 1.807) is 0 Å². The molecule has 1 heterocycles. The van der Waals surface area contributed by atoms with Crippen molar-refractivity contribution in [3.05, 3.63) is 48.2 Å². The molecule has 0 spiro atoms. The minimum Gasteiger partial charge on any atom is -0.345 e. The summed E-state index contributed by atoms with van der Waals surface area (Å²) < 4.78 is 0. The second-order valence-electron chi connectivity index (χ2n) is 3.09. The summed E-state index contributed by atoms with van der Waals surface area (Å²) in [6.45, 7) is 2.05. The Hall–Kier alpha value is -1.90. The number of benzene rings is 1. The van der Waals surface area contributed by atoms with Crippen LogP contribution in [0.4, 0.5) is 11.5 Å². The van der Waals surface area contributed by atoms with Crippen molar-refractivity contribution < 1.29 is 0 Å². The van der Waals surface area contributed by atoms with Crippen LogP contribution in [0.1, 0.15) is 5.56 Å². The zero-order valence-electron chi connectivity index (χ0n) is 7.94. The molecule has 0 aliphatic rings. The van der Waals surface area contributed by atoms with Crippen LogP contribution in [-0.4, -0.2) is 4.98 Å². The SMILES string of the molecule is Cc1ccc(N=Nc2ccc[nH]2)cc1. The van der Waals surface area contributed by atoms with Gasteiger partial charge in [-0.05, 0) is 31.2 Å². The van der Waals surface area contributed by atoms with Gasteiger partial charge in [0.05, 0.1) is 5.69 Å². The van der Waals surface area contributed by atoms with Crippen LogP contribution in [0.25, 0.3) is 0 Å². The average molecular weight is 185 g/mol. The smallest absolute Gasteiger partial charge is 0.152 e. The maximum Gasteiger partial charge on any atom is 0.152 e. The van der Waals surface area contributed by atoms with E-state index in [-0.39, 0.29) is 0 Å². The van der Waals surface area contributed by atoms with E-state index in [0.717, 1.165) is 11.5 Å². The second-order valence-corrected chi connectivity index (χ2v) is 3.09. The largest absolute Gasteiger partial charge is 0.345 e. The lowest BCUT2D eigenvalue weighted by atomic mass is 10.2. The van der Waals surface area contributed by atoms with E-state index in [1.807, 2.05) is 49.5 Å². The second kappa shape index (κ2) is 3.87. The number of hydrogen-bond acceptors (Lipinski definition) is 2. The predicted octanol–water partition coefficient (Wildman–Crippen LogP) is 3.74. The molecule has 0 aliphatic heterocycles. The highest BCUT2D eigenvalue weighted by Crippen LogP contribution is 2.16. The lowest BCUT2D eigenvalue weighted by Crippen LogP contribution is -1.68. The first-order valence-corrected chi connectivity index (χ1v) is 4.46. The molecule has 0 saturated carbocycles. The van der Waals surface area contributed by atoms with Crippen LogP contribution < -0.4 is 0 Å². The van der Waals surface area contributed by atoms with Crippen LogP contribution in [0.3, 0.4) is 0 Å². The van der Waals surface area contributed by atoms with Gasteiger partial charge in [-0.1, -0.05) is 17.7 Å². The standard InChI is InChI=1S/C11H11N3/c1-9-4-6-10(7-5-9)13-14-11-3-2-8-12-11/h2-8,12H,1H3. The quantitative estimate of drug-likeness (QED) is 0.692. The molecule has 0 saturated heterocycles. The lowest BCUT2D eigenvalue weighted by Gasteiger charge is -1.92. The predicted molar refractivity (Wildman–Crippen MR) is 56.1 cm³/mol. The number of aromatic nitrogens is 1. The Morgan fingerprint density at radius 2 is 1.79 bits per heavy atom. The molecule has 1 N–H and O–H groups in total. The van der Waals surface area contributed by atoms with Crippen molar-refractivity contribution >= 4 is 11.5 Å². The molecule has 0 fully saturated rings. The third kappa shape index (κ3) is 2.07. The van der Waals surface area contributed by atoms with Gasteiger partial charge in [0, 0.05) is 6.20 Å². The lowest BCUT2D eigenvalue weighted by molar-refractivity contribution is 1.18. The van der Waals surface area contributed by atoms with E-state index in [4.69, 9.17) is 0 Å². The first-order valence-electron chi connectivity index (χ1n) is 4.46. The van der Waals surface area contributed by atoms with Gasteiger partial charge in [0.25, 0.3) is 0 Å². The Bertz CT molecular complexity index is 412. The van der Waals surface area contributed by atoms with Gasteiger partial charge in [0.1, 0.15) is 0 Å². The fourth-order valence-corrected chi connectivity index (χ4v) is 1.11. The van der Waals surface area contributed by atoms with Crippen molar-refractivity contribution in [3.8, 4) is 0 Å². The van der Waals surface area contributed by atoms with Crippen molar-refractivity contribution in [2.45, 2.75) is 6.92 Å². The number of nitrogens with zero attached hydrogens (tertiary/aromatic N) is 2. The number of hydrogen-bond donors (Lipinski definition) is 1. The van der Waals surface area contributed by atoms with Crippen LogP contribution in [0, 0.1) is 6.92 Å². The summed E-state index contributed by atoms with van der Waals surface area (Å²) >= 11 is 0. The third-order valence-corrected chi connectivity index (χ3v) is 1.89. The summed E-state index contributed by atoms with van der Waals surface area (Å²) in [4.78, 5) is 2.96. The van der Waals surface area contributed by atoms with Gasteiger partial charge in [-0.15, -0.1) is 10.2 Å². The molecular weight excluding hydrogens is 174 g/mol. The van der Waals surface area contributed by atoms with Gasteiger partial charge in [0.15, 0.2) is 5.82 Å². The van der Waals surface area contributed by atoms with Crippen LogP contribution in [0.5, 0.6) is 0 Å². The highest BCUT2D eigenvalue weighted by molar-refractivity contribution is 5.38. The van der Waals surface area contributed by atoms with E-state index >= 15 is 0 Å². The van der Waals surface area contributed by atoms with Gasteiger partial charge >= 0.3 is 0 Å².